The zero-order chi connectivity index (χ0) is 25.7. The molecule has 2 N–H and O–H groups in total. The van der Waals surface area contributed by atoms with Crippen molar-refractivity contribution in [2.24, 2.45) is 17.0 Å². The van der Waals surface area contributed by atoms with Gasteiger partial charge in [-0.1, -0.05) is 0 Å². The molecule has 12 heteroatoms. The van der Waals surface area contributed by atoms with Gasteiger partial charge < -0.3 is 29.7 Å². The number of alkyl carbamates (subject to hydrolysis) is 1. The van der Waals surface area contributed by atoms with E-state index in [4.69, 9.17) is 14.2 Å². The van der Waals surface area contributed by atoms with Crippen LogP contribution in [0.2, 0.25) is 0 Å². The Kier molecular flexibility index (Phi) is 7.52. The van der Waals surface area contributed by atoms with Gasteiger partial charge in [-0.2, -0.15) is 5.10 Å². The number of cyclic esters (lactones) is 1. The Hall–Kier alpha value is -4.35. The fraction of sp³-hybridized carbons (Fsp3) is 0.333. The van der Waals surface area contributed by atoms with Crippen LogP contribution in [0.1, 0.15) is 5.56 Å². The van der Waals surface area contributed by atoms with Crippen molar-refractivity contribution in [1.82, 2.24) is 20.4 Å². The number of halogens is 1. The maximum atomic E-state index is 15.4. The lowest BCUT2D eigenvalue weighted by Crippen LogP contribution is -2.43. The molecule has 1 atom stereocenters. The SMILES string of the molecule is CN=C(C=CC1=NC=C(c2cnn(C)c2)NC1)N(CC1COC(=O)N1)c1cc(OC)cc(OC)c1F. The minimum atomic E-state index is -0.584. The van der Waals surface area contributed by atoms with E-state index in [9.17, 15) is 4.79 Å². The highest BCUT2D eigenvalue weighted by atomic mass is 19.1. The lowest BCUT2D eigenvalue weighted by Gasteiger charge is -2.28. The first-order valence-corrected chi connectivity index (χ1v) is 11.2. The number of carbonyl (C=O) groups is 1. The van der Waals surface area contributed by atoms with Crippen molar-refractivity contribution in [3.05, 3.63) is 54.3 Å². The van der Waals surface area contributed by atoms with E-state index in [-0.39, 0.29) is 30.6 Å². The zero-order valence-corrected chi connectivity index (χ0v) is 20.5. The van der Waals surface area contributed by atoms with Gasteiger partial charge in [0.2, 0.25) is 0 Å². The minimum absolute atomic E-state index is 0.0226. The van der Waals surface area contributed by atoms with Gasteiger partial charge in [0.25, 0.3) is 0 Å². The molecule has 1 amide bonds. The van der Waals surface area contributed by atoms with Crippen LogP contribution in [0.4, 0.5) is 14.9 Å². The molecule has 190 valence electrons. The lowest BCUT2D eigenvalue weighted by atomic mass is 10.2. The number of amides is 1. The molecule has 2 aromatic rings. The predicted molar refractivity (Wildman–Crippen MR) is 134 cm³/mol. The molecule has 0 aliphatic carbocycles. The molecule has 0 spiro atoms. The van der Waals surface area contributed by atoms with Crippen molar-refractivity contribution >= 4 is 29.0 Å². The normalized spacial score (nSPS) is 17.8. The number of benzene rings is 1. The number of hydrogen-bond donors (Lipinski definition) is 2. The van der Waals surface area contributed by atoms with E-state index in [1.165, 1.54) is 20.3 Å². The smallest absolute Gasteiger partial charge is 0.407 e. The molecule has 1 aromatic heterocycles. The Morgan fingerprint density at radius 1 is 1.39 bits per heavy atom. The summed E-state index contributed by atoms with van der Waals surface area (Å²) in [5.74, 6) is 0.289. The number of ether oxygens (including phenoxy) is 3. The van der Waals surface area contributed by atoms with Crippen LogP contribution in [0, 0.1) is 5.82 Å². The van der Waals surface area contributed by atoms with Crippen molar-refractivity contribution in [3.63, 3.8) is 0 Å². The van der Waals surface area contributed by atoms with Gasteiger partial charge in [0, 0.05) is 44.5 Å². The standard InChI is InChI=1S/C24H28FN7O4/c1-26-22(6-5-16-10-28-19(11-27-16)15-9-29-31(2)12-15)32(13-17-14-36-24(33)30-17)20-7-18(34-3)8-21(35-4)23(20)25/h5-9,11-12,17,28H,10,13-14H2,1-4H3,(H,30,33). The number of aliphatic imine (C=N–C) groups is 2. The van der Waals surface area contributed by atoms with E-state index >= 15 is 4.39 Å². The highest BCUT2D eigenvalue weighted by Gasteiger charge is 2.28. The third-order valence-electron chi connectivity index (χ3n) is 5.65. The summed E-state index contributed by atoms with van der Waals surface area (Å²) in [5.41, 5.74) is 2.74. The minimum Gasteiger partial charge on any atom is -0.497 e. The van der Waals surface area contributed by atoms with Crippen LogP contribution < -0.4 is 25.0 Å². The molecular formula is C24H28FN7O4. The summed E-state index contributed by atoms with van der Waals surface area (Å²) in [6.07, 6.45) is 8.42. The molecule has 11 nitrogen and oxygen atoms in total. The highest BCUT2D eigenvalue weighted by Crippen LogP contribution is 2.34. The topological polar surface area (TPSA) is 115 Å². The van der Waals surface area contributed by atoms with Gasteiger partial charge in [-0.25, -0.2) is 9.18 Å². The van der Waals surface area contributed by atoms with Crippen molar-refractivity contribution in [2.45, 2.75) is 6.04 Å². The van der Waals surface area contributed by atoms with Crippen molar-refractivity contribution in [2.75, 3.05) is 45.9 Å². The Bertz CT molecular complexity index is 1250. The van der Waals surface area contributed by atoms with Gasteiger partial charge in [-0.3, -0.25) is 14.7 Å². The molecule has 2 aliphatic rings. The second-order valence-corrected chi connectivity index (χ2v) is 8.05. The summed E-state index contributed by atoms with van der Waals surface area (Å²) in [7, 11) is 6.33. The van der Waals surface area contributed by atoms with Gasteiger partial charge in [0.1, 0.15) is 18.2 Å². The number of anilines is 1. The number of hydrogen-bond acceptors (Lipinski definition) is 8. The fourth-order valence-electron chi connectivity index (χ4n) is 3.80. The molecular weight excluding hydrogens is 469 g/mol. The van der Waals surface area contributed by atoms with Crippen LogP contribution in [0.25, 0.3) is 5.70 Å². The van der Waals surface area contributed by atoms with Gasteiger partial charge in [0.15, 0.2) is 11.6 Å². The van der Waals surface area contributed by atoms with E-state index in [1.807, 2.05) is 13.2 Å². The maximum absolute atomic E-state index is 15.4. The number of nitrogens with zero attached hydrogens (tertiary/aromatic N) is 5. The molecule has 1 unspecified atom stereocenters. The van der Waals surface area contributed by atoms with E-state index in [1.54, 1.807) is 47.2 Å². The Labute approximate surface area is 207 Å². The fourth-order valence-corrected chi connectivity index (χ4v) is 3.80. The molecule has 0 radical (unpaired) electrons. The molecule has 3 heterocycles. The van der Waals surface area contributed by atoms with Crippen LogP contribution >= 0.6 is 0 Å². The summed E-state index contributed by atoms with van der Waals surface area (Å²) in [6.45, 7) is 0.838. The number of aryl methyl sites for hydroxylation is 1. The molecule has 0 bridgehead atoms. The summed E-state index contributed by atoms with van der Waals surface area (Å²) in [4.78, 5) is 22.1. The van der Waals surface area contributed by atoms with Crippen molar-refractivity contribution in [1.29, 1.82) is 0 Å². The summed E-state index contributed by atoms with van der Waals surface area (Å²) in [6, 6.07) is 2.64. The molecule has 1 fully saturated rings. The largest absolute Gasteiger partial charge is 0.497 e. The average Bonchev–Trinajstić information content (AvgIpc) is 3.52. The Morgan fingerprint density at radius 3 is 2.81 bits per heavy atom. The second-order valence-electron chi connectivity index (χ2n) is 8.05. The van der Waals surface area contributed by atoms with Crippen LogP contribution in [-0.2, 0) is 11.8 Å². The van der Waals surface area contributed by atoms with Crippen LogP contribution in [-0.4, -0.2) is 74.4 Å². The van der Waals surface area contributed by atoms with Gasteiger partial charge in [-0.15, -0.1) is 0 Å². The number of nitrogens with one attached hydrogen (secondary N) is 2. The monoisotopic (exact) mass is 497 g/mol. The molecule has 1 aromatic carbocycles. The van der Waals surface area contributed by atoms with Crippen molar-refractivity contribution < 1.29 is 23.4 Å². The summed E-state index contributed by atoms with van der Waals surface area (Å²) in [5, 5.41) is 10.2. The second kappa shape index (κ2) is 10.9. The molecule has 36 heavy (non-hydrogen) atoms. The summed E-state index contributed by atoms with van der Waals surface area (Å²) >= 11 is 0. The van der Waals surface area contributed by atoms with Crippen LogP contribution in [0.15, 0.2) is 52.9 Å². The maximum Gasteiger partial charge on any atom is 0.407 e. The third-order valence-corrected chi connectivity index (χ3v) is 5.65. The van der Waals surface area contributed by atoms with Crippen molar-refractivity contribution in [3.8, 4) is 11.5 Å². The van der Waals surface area contributed by atoms with E-state index in [0.717, 1.165) is 17.0 Å². The van der Waals surface area contributed by atoms with E-state index in [2.05, 4.69) is 25.7 Å². The highest BCUT2D eigenvalue weighted by molar-refractivity contribution is 6.10. The van der Waals surface area contributed by atoms with Crippen LogP contribution in [0.3, 0.4) is 0 Å². The summed E-state index contributed by atoms with van der Waals surface area (Å²) < 4.78 is 32.7. The molecule has 0 saturated carbocycles. The first-order valence-electron chi connectivity index (χ1n) is 11.2. The van der Waals surface area contributed by atoms with E-state index < -0.39 is 11.9 Å². The third kappa shape index (κ3) is 5.48. The van der Waals surface area contributed by atoms with E-state index in [0.29, 0.717) is 18.1 Å². The first-order chi connectivity index (χ1) is 17.4. The molecule has 4 rings (SSSR count). The predicted octanol–water partition coefficient (Wildman–Crippen LogP) is 2.12. The number of carbonyl (C=O) groups excluding carboxylic acids is 1. The van der Waals surface area contributed by atoms with Gasteiger partial charge in [-0.05, 0) is 12.2 Å². The Morgan fingerprint density at radius 2 is 2.22 bits per heavy atom. The number of amidine groups is 1. The van der Waals surface area contributed by atoms with Gasteiger partial charge >= 0.3 is 6.09 Å². The number of aromatic nitrogens is 2. The number of rotatable bonds is 8. The van der Waals surface area contributed by atoms with Crippen LogP contribution in [0.5, 0.6) is 11.5 Å². The lowest BCUT2D eigenvalue weighted by molar-refractivity contribution is 0.177. The average molecular weight is 498 g/mol. The van der Waals surface area contributed by atoms with Gasteiger partial charge in [0.05, 0.1) is 56.3 Å². The molecule has 2 aliphatic heterocycles. The quantitative estimate of drug-likeness (QED) is 0.424. The Balaban J connectivity index is 1.63. The first kappa shape index (κ1) is 24.8. The number of methoxy groups -OCH3 is 2. The molecule has 1 saturated heterocycles. The zero-order valence-electron chi connectivity index (χ0n) is 20.5.